The number of rotatable bonds is 7. The lowest BCUT2D eigenvalue weighted by atomic mass is 10.1. The number of nitrogens with zero attached hydrogens (tertiary/aromatic N) is 3. The zero-order valence-corrected chi connectivity index (χ0v) is 18.7. The molecular weight excluding hydrogens is 452 g/mol. The second-order valence-corrected chi connectivity index (χ2v) is 9.31. The van der Waals surface area contributed by atoms with Gasteiger partial charge in [0.25, 0.3) is 0 Å². The lowest BCUT2D eigenvalue weighted by Gasteiger charge is -2.06. The number of nitro groups is 1. The summed E-state index contributed by atoms with van der Waals surface area (Å²) in [5.41, 5.74) is 3.40. The Morgan fingerprint density at radius 1 is 1.28 bits per heavy atom. The molecule has 2 aromatic carbocycles. The maximum Gasteiger partial charge on any atom is 0.310 e. The molecule has 2 N–H and O–H groups in total. The first-order chi connectivity index (χ1) is 15.3. The van der Waals surface area contributed by atoms with Gasteiger partial charge in [0.15, 0.2) is 10.1 Å². The van der Waals surface area contributed by atoms with Crippen LogP contribution >= 0.6 is 23.1 Å². The molecular formula is C21H18N4O5S2. The minimum absolute atomic E-state index is 0.0552. The Kier molecular flexibility index (Phi) is 6.10. The van der Waals surface area contributed by atoms with E-state index in [4.69, 9.17) is 4.52 Å². The van der Waals surface area contributed by atoms with Gasteiger partial charge in [0.2, 0.25) is 5.91 Å². The number of carbonyl (C=O) groups excluding carboxylic acids is 1. The van der Waals surface area contributed by atoms with Gasteiger partial charge < -0.3 is 14.9 Å². The van der Waals surface area contributed by atoms with Crippen molar-refractivity contribution in [1.82, 2.24) is 10.1 Å². The van der Waals surface area contributed by atoms with Gasteiger partial charge in [-0.25, -0.2) is 4.98 Å². The molecule has 0 fully saturated rings. The molecule has 0 aliphatic heterocycles. The molecule has 2 aromatic heterocycles. The van der Waals surface area contributed by atoms with Crippen LogP contribution in [0, 0.1) is 24.0 Å². The van der Waals surface area contributed by atoms with Gasteiger partial charge in [0.1, 0.15) is 5.76 Å². The molecule has 9 nitrogen and oxygen atoms in total. The van der Waals surface area contributed by atoms with Crippen LogP contribution in [-0.4, -0.2) is 26.1 Å². The van der Waals surface area contributed by atoms with Crippen LogP contribution in [0.4, 0.5) is 11.4 Å². The minimum Gasteiger partial charge on any atom is -0.502 e. The molecule has 0 aliphatic carbocycles. The second kappa shape index (κ2) is 8.97. The molecule has 4 rings (SSSR count). The third-order valence-electron chi connectivity index (χ3n) is 4.77. The van der Waals surface area contributed by atoms with E-state index in [1.165, 1.54) is 29.5 Å². The van der Waals surface area contributed by atoms with Gasteiger partial charge in [0.05, 0.1) is 27.3 Å². The largest absolute Gasteiger partial charge is 0.502 e. The van der Waals surface area contributed by atoms with Crippen LogP contribution in [0.2, 0.25) is 0 Å². The fraction of sp³-hybridized carbons (Fsp3) is 0.190. The third-order valence-corrected chi connectivity index (χ3v) is 6.96. The highest BCUT2D eigenvalue weighted by atomic mass is 32.2. The average Bonchev–Trinajstić information content (AvgIpc) is 3.29. The SMILES string of the molecule is Cc1noc(C)c1CSc1nc2ccc(NC(=O)Cc3ccc(O)c([N+](=O)[O-])c3)cc2s1. The number of hydrogen-bond donors (Lipinski definition) is 2. The average molecular weight is 471 g/mol. The van der Waals surface area contributed by atoms with Crippen molar-refractivity contribution in [2.75, 3.05) is 5.32 Å². The molecule has 0 saturated carbocycles. The number of nitrogens with one attached hydrogen (secondary N) is 1. The van der Waals surface area contributed by atoms with Crippen LogP contribution in [0.3, 0.4) is 0 Å². The zero-order valence-electron chi connectivity index (χ0n) is 17.1. The van der Waals surface area contributed by atoms with Gasteiger partial charge in [-0.2, -0.15) is 0 Å². The molecule has 0 saturated heterocycles. The number of amides is 1. The first kappa shape index (κ1) is 21.8. The highest BCUT2D eigenvalue weighted by molar-refractivity contribution is 8.00. The summed E-state index contributed by atoms with van der Waals surface area (Å²) in [6.07, 6.45) is -0.0552. The molecule has 164 valence electrons. The molecule has 0 radical (unpaired) electrons. The van der Waals surface area contributed by atoms with Crippen molar-refractivity contribution < 1.29 is 19.3 Å². The summed E-state index contributed by atoms with van der Waals surface area (Å²) in [5.74, 6) is 0.767. The van der Waals surface area contributed by atoms with Gasteiger partial charge in [-0.15, -0.1) is 11.3 Å². The van der Waals surface area contributed by atoms with Crippen LogP contribution in [-0.2, 0) is 17.0 Å². The summed E-state index contributed by atoms with van der Waals surface area (Å²) < 4.78 is 7.03. The molecule has 2 heterocycles. The third kappa shape index (κ3) is 4.73. The number of benzene rings is 2. The summed E-state index contributed by atoms with van der Waals surface area (Å²) in [6.45, 7) is 3.80. The van der Waals surface area contributed by atoms with Crippen molar-refractivity contribution in [3.8, 4) is 5.75 Å². The van der Waals surface area contributed by atoms with Crippen LogP contribution in [0.5, 0.6) is 5.75 Å². The van der Waals surface area contributed by atoms with E-state index < -0.39 is 16.4 Å². The summed E-state index contributed by atoms with van der Waals surface area (Å²) in [7, 11) is 0. The normalized spacial score (nSPS) is 11.1. The zero-order chi connectivity index (χ0) is 22.8. The molecule has 11 heteroatoms. The number of phenolic OH excluding ortho intramolecular Hbond substituents is 1. The van der Waals surface area contributed by atoms with Gasteiger partial charge in [-0.05, 0) is 43.7 Å². The van der Waals surface area contributed by atoms with Crippen molar-refractivity contribution in [2.24, 2.45) is 0 Å². The molecule has 0 unspecified atom stereocenters. The number of carbonyl (C=O) groups is 1. The van der Waals surface area contributed by atoms with E-state index >= 15 is 0 Å². The fourth-order valence-electron chi connectivity index (χ4n) is 3.10. The first-order valence-electron chi connectivity index (χ1n) is 9.51. The highest BCUT2D eigenvalue weighted by Crippen LogP contribution is 2.34. The second-order valence-electron chi connectivity index (χ2n) is 7.06. The molecule has 0 aliphatic rings. The van der Waals surface area contributed by atoms with Crippen LogP contribution in [0.1, 0.15) is 22.6 Å². The minimum atomic E-state index is -0.685. The molecule has 0 bridgehead atoms. The number of nitro benzene ring substituents is 1. The summed E-state index contributed by atoms with van der Waals surface area (Å²) in [5, 5.41) is 27.3. The van der Waals surface area contributed by atoms with E-state index in [1.807, 2.05) is 26.0 Å². The molecule has 4 aromatic rings. The number of phenols is 1. The Hall–Kier alpha value is -3.44. The first-order valence-corrected chi connectivity index (χ1v) is 11.3. The number of fused-ring (bicyclic) bond motifs is 1. The van der Waals surface area contributed by atoms with Gasteiger partial charge in [0, 0.05) is 23.1 Å². The van der Waals surface area contributed by atoms with Crippen molar-refractivity contribution in [3.63, 3.8) is 0 Å². The number of anilines is 1. The standard InChI is InChI=1S/C21H18N4O5S2/c1-11-15(12(2)30-24-11)10-31-21-23-16-5-4-14(9-19(16)32-21)22-20(27)8-13-3-6-18(26)17(7-13)25(28)29/h3-7,9,26H,8,10H2,1-2H3,(H,22,27). The van der Waals surface area contributed by atoms with Crippen molar-refractivity contribution in [3.05, 3.63) is 69.1 Å². The lowest BCUT2D eigenvalue weighted by Crippen LogP contribution is -2.14. The number of thioether (sulfide) groups is 1. The van der Waals surface area contributed by atoms with E-state index in [9.17, 15) is 20.0 Å². The summed E-state index contributed by atoms with van der Waals surface area (Å²) in [4.78, 5) is 27.3. The highest BCUT2D eigenvalue weighted by Gasteiger charge is 2.16. The van der Waals surface area contributed by atoms with Crippen molar-refractivity contribution in [1.29, 1.82) is 0 Å². The predicted molar refractivity (Wildman–Crippen MR) is 122 cm³/mol. The van der Waals surface area contributed by atoms with Crippen LogP contribution in [0.15, 0.2) is 45.3 Å². The van der Waals surface area contributed by atoms with Crippen molar-refractivity contribution >= 4 is 50.6 Å². The molecule has 32 heavy (non-hydrogen) atoms. The fourth-order valence-corrected chi connectivity index (χ4v) is 5.36. The lowest BCUT2D eigenvalue weighted by molar-refractivity contribution is -0.385. The Labute approximate surface area is 190 Å². The Balaban J connectivity index is 1.43. The number of thiazole rings is 1. The predicted octanol–water partition coefficient (Wildman–Crippen LogP) is 4.99. The number of aromatic hydroxyl groups is 1. The van der Waals surface area contributed by atoms with Gasteiger partial charge in [-0.3, -0.25) is 14.9 Å². The Morgan fingerprint density at radius 2 is 2.09 bits per heavy atom. The molecule has 0 atom stereocenters. The Morgan fingerprint density at radius 3 is 2.81 bits per heavy atom. The van der Waals surface area contributed by atoms with E-state index in [-0.39, 0.29) is 12.3 Å². The van der Waals surface area contributed by atoms with Gasteiger partial charge >= 0.3 is 5.69 Å². The number of aryl methyl sites for hydroxylation is 2. The quantitative estimate of drug-likeness (QED) is 0.219. The van der Waals surface area contributed by atoms with E-state index in [0.29, 0.717) is 17.0 Å². The van der Waals surface area contributed by atoms with E-state index in [0.717, 1.165) is 31.6 Å². The van der Waals surface area contributed by atoms with Crippen molar-refractivity contribution in [2.45, 2.75) is 30.4 Å². The monoisotopic (exact) mass is 470 g/mol. The Bertz CT molecular complexity index is 1310. The molecule has 1 amide bonds. The topological polar surface area (TPSA) is 131 Å². The maximum absolute atomic E-state index is 12.4. The summed E-state index contributed by atoms with van der Waals surface area (Å²) in [6, 6.07) is 9.35. The van der Waals surface area contributed by atoms with Crippen LogP contribution < -0.4 is 5.32 Å². The maximum atomic E-state index is 12.4. The summed E-state index contributed by atoms with van der Waals surface area (Å²) >= 11 is 3.13. The van der Waals surface area contributed by atoms with Gasteiger partial charge in [-0.1, -0.05) is 23.0 Å². The molecule has 0 spiro atoms. The van der Waals surface area contributed by atoms with E-state index in [1.54, 1.807) is 17.8 Å². The van der Waals surface area contributed by atoms with Crippen LogP contribution in [0.25, 0.3) is 10.2 Å². The smallest absolute Gasteiger partial charge is 0.310 e. The number of aromatic nitrogens is 2. The van der Waals surface area contributed by atoms with E-state index in [2.05, 4.69) is 15.5 Å². The number of hydrogen-bond acceptors (Lipinski definition) is 9.